The molecule has 0 atom stereocenters. The zero-order chi connectivity index (χ0) is 27.7. The number of methoxy groups -OCH3 is 1. The molecule has 2 amide bonds. The van der Waals surface area contributed by atoms with Crippen LogP contribution in [-0.2, 0) is 16.2 Å². The Kier molecular flexibility index (Phi) is 7.91. The standard InChI is InChI=1S/C29H19BrCl2N2O4S/c1-37-24-13-18(21(30)14-25(24)38-15-17-8-4-7-16-6-2-3-9-19(16)17)12-20-27(35)33-29(39)34(28(20)36)23-11-5-10-22(31)26(23)32/h2-14H,15H2,1H3,(H,33,35,39)/b20-12+. The van der Waals surface area contributed by atoms with Crippen molar-refractivity contribution in [1.82, 2.24) is 5.32 Å². The predicted molar refractivity (Wildman–Crippen MR) is 162 cm³/mol. The van der Waals surface area contributed by atoms with Gasteiger partial charge in [0.1, 0.15) is 12.2 Å². The molecule has 0 saturated carbocycles. The number of carbonyl (C=O) groups is 2. The molecule has 4 aromatic carbocycles. The summed E-state index contributed by atoms with van der Waals surface area (Å²) in [7, 11) is 1.52. The summed E-state index contributed by atoms with van der Waals surface area (Å²) in [6.45, 7) is 0.318. The van der Waals surface area contributed by atoms with Crippen LogP contribution in [0.5, 0.6) is 11.5 Å². The van der Waals surface area contributed by atoms with Crippen molar-refractivity contribution in [3.63, 3.8) is 0 Å². The van der Waals surface area contributed by atoms with Crippen molar-refractivity contribution in [2.45, 2.75) is 6.61 Å². The van der Waals surface area contributed by atoms with Crippen LogP contribution >= 0.6 is 51.3 Å². The third-order valence-electron chi connectivity index (χ3n) is 6.12. The highest BCUT2D eigenvalue weighted by Crippen LogP contribution is 2.37. The number of hydrogen-bond donors (Lipinski definition) is 1. The number of amides is 2. The van der Waals surface area contributed by atoms with Crippen LogP contribution < -0.4 is 19.7 Å². The van der Waals surface area contributed by atoms with Crippen LogP contribution in [0, 0.1) is 0 Å². The summed E-state index contributed by atoms with van der Waals surface area (Å²) in [5, 5.41) is 5.06. The molecule has 5 rings (SSSR count). The third-order valence-corrected chi connectivity index (χ3v) is 7.90. The number of hydrogen-bond acceptors (Lipinski definition) is 5. The number of anilines is 1. The van der Waals surface area contributed by atoms with Gasteiger partial charge in [0.25, 0.3) is 11.8 Å². The van der Waals surface area contributed by atoms with E-state index in [-0.39, 0.29) is 26.4 Å². The first kappa shape index (κ1) is 27.1. The van der Waals surface area contributed by atoms with Gasteiger partial charge in [-0.2, -0.15) is 0 Å². The van der Waals surface area contributed by atoms with Crippen LogP contribution in [0.4, 0.5) is 5.69 Å². The maximum absolute atomic E-state index is 13.5. The molecular formula is C29H19BrCl2N2O4S. The molecule has 0 aliphatic carbocycles. The zero-order valence-electron chi connectivity index (χ0n) is 20.3. The van der Waals surface area contributed by atoms with Gasteiger partial charge in [-0.25, -0.2) is 0 Å². The highest BCUT2D eigenvalue weighted by atomic mass is 79.9. The van der Waals surface area contributed by atoms with E-state index in [9.17, 15) is 9.59 Å². The first-order valence-electron chi connectivity index (χ1n) is 11.6. The van der Waals surface area contributed by atoms with E-state index >= 15 is 0 Å². The molecule has 1 aliphatic rings. The van der Waals surface area contributed by atoms with Crippen molar-refractivity contribution < 1.29 is 19.1 Å². The van der Waals surface area contributed by atoms with Crippen LogP contribution in [0.15, 0.2) is 82.8 Å². The van der Waals surface area contributed by atoms with Crippen molar-refractivity contribution in [2.75, 3.05) is 12.0 Å². The molecule has 1 heterocycles. The van der Waals surface area contributed by atoms with E-state index in [2.05, 4.69) is 33.4 Å². The van der Waals surface area contributed by atoms with Crippen molar-refractivity contribution in [3.8, 4) is 11.5 Å². The molecule has 0 aromatic heterocycles. The molecule has 39 heavy (non-hydrogen) atoms. The molecular weight excluding hydrogens is 623 g/mol. The van der Waals surface area contributed by atoms with Crippen molar-refractivity contribution in [1.29, 1.82) is 0 Å². The first-order valence-corrected chi connectivity index (χ1v) is 13.6. The molecule has 0 unspecified atom stereocenters. The van der Waals surface area contributed by atoms with Gasteiger partial charge >= 0.3 is 0 Å². The quantitative estimate of drug-likeness (QED) is 0.136. The highest BCUT2D eigenvalue weighted by molar-refractivity contribution is 9.10. The molecule has 1 aliphatic heterocycles. The SMILES string of the molecule is COc1cc(/C=C2\C(=O)NC(=S)N(c3cccc(Cl)c3Cl)C2=O)c(Br)cc1OCc1cccc2ccccc12. The van der Waals surface area contributed by atoms with E-state index < -0.39 is 11.8 Å². The van der Waals surface area contributed by atoms with E-state index in [0.717, 1.165) is 21.2 Å². The summed E-state index contributed by atoms with van der Waals surface area (Å²) in [4.78, 5) is 27.4. The number of ether oxygens (including phenoxy) is 2. The number of benzene rings is 4. The van der Waals surface area contributed by atoms with Gasteiger partial charge in [0, 0.05) is 4.47 Å². The second-order valence-corrected chi connectivity index (χ2v) is 10.5. The van der Waals surface area contributed by atoms with Gasteiger partial charge in [0.05, 0.1) is 22.8 Å². The fraction of sp³-hybridized carbons (Fsp3) is 0.0690. The smallest absolute Gasteiger partial charge is 0.270 e. The Labute approximate surface area is 248 Å². The minimum absolute atomic E-state index is 0.0971. The molecule has 0 spiro atoms. The van der Waals surface area contributed by atoms with E-state index in [0.29, 0.717) is 28.1 Å². The molecule has 4 aromatic rings. The summed E-state index contributed by atoms with van der Waals surface area (Å²) in [5.41, 5.74) is 1.66. The van der Waals surface area contributed by atoms with Crippen LogP contribution in [0.3, 0.4) is 0 Å². The van der Waals surface area contributed by atoms with Gasteiger partial charge in [0.15, 0.2) is 16.6 Å². The van der Waals surface area contributed by atoms with Gasteiger partial charge < -0.3 is 9.47 Å². The average molecular weight is 642 g/mol. The number of nitrogens with one attached hydrogen (secondary N) is 1. The lowest BCUT2D eigenvalue weighted by molar-refractivity contribution is -0.122. The Morgan fingerprint density at radius 3 is 2.54 bits per heavy atom. The number of nitrogens with zero attached hydrogens (tertiary/aromatic N) is 1. The van der Waals surface area contributed by atoms with Crippen LogP contribution in [0.1, 0.15) is 11.1 Å². The Morgan fingerprint density at radius 2 is 1.74 bits per heavy atom. The van der Waals surface area contributed by atoms with E-state index in [1.807, 2.05) is 30.3 Å². The average Bonchev–Trinajstić information content (AvgIpc) is 2.92. The third kappa shape index (κ3) is 5.38. The Hall–Kier alpha value is -3.43. The summed E-state index contributed by atoms with van der Waals surface area (Å²) in [6.07, 6.45) is 1.45. The molecule has 1 N–H and O–H groups in total. The molecule has 1 fully saturated rings. The van der Waals surface area contributed by atoms with Gasteiger partial charge in [-0.05, 0) is 64.5 Å². The lowest BCUT2D eigenvalue weighted by atomic mass is 10.1. The molecule has 10 heteroatoms. The fourth-order valence-corrected chi connectivity index (χ4v) is 5.30. The highest BCUT2D eigenvalue weighted by Gasteiger charge is 2.36. The molecule has 196 valence electrons. The maximum atomic E-state index is 13.5. The second kappa shape index (κ2) is 11.4. The minimum Gasteiger partial charge on any atom is -0.493 e. The summed E-state index contributed by atoms with van der Waals surface area (Å²) < 4.78 is 12.3. The summed E-state index contributed by atoms with van der Waals surface area (Å²) in [6, 6.07) is 22.4. The second-order valence-electron chi connectivity index (χ2n) is 8.48. The lowest BCUT2D eigenvalue weighted by Crippen LogP contribution is -2.54. The van der Waals surface area contributed by atoms with Crippen molar-refractivity contribution in [3.05, 3.63) is 104 Å². The molecule has 0 radical (unpaired) electrons. The Balaban J connectivity index is 1.46. The van der Waals surface area contributed by atoms with Gasteiger partial charge in [-0.3, -0.25) is 19.8 Å². The van der Waals surface area contributed by atoms with Crippen LogP contribution in [0.25, 0.3) is 16.8 Å². The maximum Gasteiger partial charge on any atom is 0.270 e. The van der Waals surface area contributed by atoms with Gasteiger partial charge in [-0.1, -0.05) is 87.7 Å². The van der Waals surface area contributed by atoms with Gasteiger partial charge in [0.2, 0.25) is 0 Å². The topological polar surface area (TPSA) is 67.9 Å². The largest absolute Gasteiger partial charge is 0.493 e. The fourth-order valence-electron chi connectivity index (χ4n) is 4.20. The van der Waals surface area contributed by atoms with Crippen molar-refractivity contribution in [2.24, 2.45) is 0 Å². The van der Waals surface area contributed by atoms with Crippen LogP contribution in [-0.4, -0.2) is 24.0 Å². The Bertz CT molecular complexity index is 1690. The van der Waals surface area contributed by atoms with E-state index in [1.165, 1.54) is 13.2 Å². The zero-order valence-corrected chi connectivity index (χ0v) is 24.2. The normalized spacial score (nSPS) is 14.6. The monoisotopic (exact) mass is 640 g/mol. The van der Waals surface area contributed by atoms with Crippen molar-refractivity contribution >= 4 is 90.8 Å². The number of carbonyl (C=O) groups excluding carboxylic acids is 2. The van der Waals surface area contributed by atoms with Gasteiger partial charge in [-0.15, -0.1) is 0 Å². The number of rotatable bonds is 6. The summed E-state index contributed by atoms with van der Waals surface area (Å²) in [5.74, 6) is -0.358. The number of halogens is 3. The number of fused-ring (bicyclic) bond motifs is 1. The summed E-state index contributed by atoms with van der Waals surface area (Å²) >= 11 is 21.3. The first-order chi connectivity index (χ1) is 18.8. The lowest BCUT2D eigenvalue weighted by Gasteiger charge is -2.29. The molecule has 6 nitrogen and oxygen atoms in total. The predicted octanol–water partition coefficient (Wildman–Crippen LogP) is 7.33. The van der Waals surface area contributed by atoms with Crippen LogP contribution in [0.2, 0.25) is 10.0 Å². The Morgan fingerprint density at radius 1 is 1.00 bits per heavy atom. The number of thiocarbonyl (C=S) groups is 1. The van der Waals surface area contributed by atoms with E-state index in [4.69, 9.17) is 44.9 Å². The molecule has 1 saturated heterocycles. The van der Waals surface area contributed by atoms with E-state index in [1.54, 1.807) is 30.3 Å². The molecule has 0 bridgehead atoms. The minimum atomic E-state index is -0.643.